The van der Waals surface area contributed by atoms with Gasteiger partial charge >= 0.3 is 0 Å². The lowest BCUT2D eigenvalue weighted by Gasteiger charge is -2.35. The first-order valence-electron chi connectivity index (χ1n) is 10.2. The Labute approximate surface area is 181 Å². The number of carbonyl (C=O) groups excluding carboxylic acids is 2. The summed E-state index contributed by atoms with van der Waals surface area (Å²) in [5.74, 6) is 0.990. The number of benzene rings is 2. The number of fused-ring (bicyclic) bond motifs is 1. The summed E-state index contributed by atoms with van der Waals surface area (Å²) < 4.78 is 7.55. The van der Waals surface area contributed by atoms with Crippen LogP contribution in [-0.2, 0) is 11.3 Å². The van der Waals surface area contributed by atoms with Crippen molar-refractivity contribution in [1.82, 2.24) is 19.8 Å². The Hall–Kier alpha value is -3.87. The van der Waals surface area contributed by atoms with Crippen LogP contribution in [0.3, 0.4) is 0 Å². The van der Waals surface area contributed by atoms with E-state index in [1.54, 1.807) is 11.1 Å². The highest BCUT2D eigenvalue weighted by atomic mass is 16.5. The minimum absolute atomic E-state index is 0.160. The number of nitrogens with zero attached hydrogens (tertiary/aromatic N) is 3. The first kappa shape index (κ1) is 20.4. The highest BCUT2D eigenvalue weighted by molar-refractivity contribution is 5.92. The van der Waals surface area contributed by atoms with Crippen molar-refractivity contribution in [2.24, 2.45) is 0 Å². The van der Waals surface area contributed by atoms with Gasteiger partial charge in [0, 0.05) is 19.3 Å². The molecule has 1 aromatic heterocycles. The predicted octanol–water partition coefficient (Wildman–Crippen LogP) is 2.81. The van der Waals surface area contributed by atoms with Crippen molar-refractivity contribution >= 4 is 11.8 Å². The van der Waals surface area contributed by atoms with Crippen molar-refractivity contribution in [1.29, 1.82) is 0 Å². The SMILES string of the molecule is C=CC(=O)N1CCn2cc(C(=O)NCCOc3ccccc3)nc2C1c1ccccc1. The van der Waals surface area contributed by atoms with E-state index in [0.717, 1.165) is 11.3 Å². The third kappa shape index (κ3) is 4.50. The van der Waals surface area contributed by atoms with Gasteiger partial charge in [-0.15, -0.1) is 0 Å². The molecular weight excluding hydrogens is 392 g/mol. The smallest absolute Gasteiger partial charge is 0.271 e. The van der Waals surface area contributed by atoms with E-state index in [1.165, 1.54) is 6.08 Å². The Morgan fingerprint density at radius 3 is 2.52 bits per heavy atom. The molecule has 0 radical (unpaired) electrons. The molecule has 7 nitrogen and oxygen atoms in total. The third-order valence-electron chi connectivity index (χ3n) is 5.15. The molecule has 1 aliphatic rings. The molecule has 1 N–H and O–H groups in total. The molecule has 4 rings (SSSR count). The number of imidazole rings is 1. The van der Waals surface area contributed by atoms with Gasteiger partial charge in [-0.2, -0.15) is 0 Å². The van der Waals surface area contributed by atoms with E-state index >= 15 is 0 Å². The summed E-state index contributed by atoms with van der Waals surface area (Å²) in [5.41, 5.74) is 1.26. The molecule has 2 aromatic carbocycles. The molecule has 158 valence electrons. The molecule has 0 saturated carbocycles. The summed E-state index contributed by atoms with van der Waals surface area (Å²) in [4.78, 5) is 31.4. The van der Waals surface area contributed by atoms with E-state index in [1.807, 2.05) is 65.2 Å². The van der Waals surface area contributed by atoms with E-state index in [2.05, 4.69) is 16.9 Å². The number of aromatic nitrogens is 2. The average Bonchev–Trinajstić information content (AvgIpc) is 3.26. The molecule has 1 unspecified atom stereocenters. The van der Waals surface area contributed by atoms with Crippen LogP contribution < -0.4 is 10.1 Å². The van der Waals surface area contributed by atoms with Crippen molar-refractivity contribution in [3.05, 3.63) is 96.6 Å². The van der Waals surface area contributed by atoms with Crippen LogP contribution in [0.15, 0.2) is 79.5 Å². The van der Waals surface area contributed by atoms with Crippen LogP contribution in [0.25, 0.3) is 0 Å². The lowest BCUT2D eigenvalue weighted by Crippen LogP contribution is -2.42. The minimum atomic E-state index is -0.372. The number of rotatable bonds is 7. The van der Waals surface area contributed by atoms with E-state index in [9.17, 15) is 9.59 Å². The van der Waals surface area contributed by atoms with Crippen molar-refractivity contribution in [2.45, 2.75) is 12.6 Å². The summed E-state index contributed by atoms with van der Waals surface area (Å²) >= 11 is 0. The fraction of sp³-hybridized carbons (Fsp3) is 0.208. The number of carbonyl (C=O) groups is 2. The van der Waals surface area contributed by atoms with Gasteiger partial charge in [0.25, 0.3) is 5.91 Å². The van der Waals surface area contributed by atoms with Crippen LogP contribution >= 0.6 is 0 Å². The molecule has 0 saturated heterocycles. The zero-order chi connectivity index (χ0) is 21.6. The number of nitrogens with one attached hydrogen (secondary N) is 1. The zero-order valence-electron chi connectivity index (χ0n) is 17.1. The van der Waals surface area contributed by atoms with Gasteiger partial charge in [0.05, 0.1) is 6.54 Å². The second-order valence-electron chi connectivity index (χ2n) is 7.14. The molecule has 2 heterocycles. The molecule has 0 fully saturated rings. The summed E-state index contributed by atoms with van der Waals surface area (Å²) in [6.07, 6.45) is 3.06. The van der Waals surface area contributed by atoms with Crippen molar-refractivity contribution in [3.8, 4) is 5.75 Å². The lowest BCUT2D eigenvalue weighted by atomic mass is 10.0. The second-order valence-corrected chi connectivity index (χ2v) is 7.14. The minimum Gasteiger partial charge on any atom is -0.492 e. The quantitative estimate of drug-likeness (QED) is 0.475. The van der Waals surface area contributed by atoms with E-state index in [-0.39, 0.29) is 17.9 Å². The summed E-state index contributed by atoms with van der Waals surface area (Å²) in [6, 6.07) is 18.8. The Bertz CT molecular complexity index is 1060. The summed E-state index contributed by atoms with van der Waals surface area (Å²) in [7, 11) is 0. The van der Waals surface area contributed by atoms with Gasteiger partial charge in [0.15, 0.2) is 0 Å². The zero-order valence-corrected chi connectivity index (χ0v) is 17.1. The fourth-order valence-electron chi connectivity index (χ4n) is 3.68. The van der Waals surface area contributed by atoms with Crippen molar-refractivity contribution in [2.75, 3.05) is 19.7 Å². The maximum Gasteiger partial charge on any atom is 0.271 e. The first-order valence-corrected chi connectivity index (χ1v) is 10.2. The van der Waals surface area contributed by atoms with Gasteiger partial charge in [-0.05, 0) is 23.8 Å². The average molecular weight is 416 g/mol. The monoisotopic (exact) mass is 416 g/mol. The molecule has 7 heteroatoms. The normalized spacial score (nSPS) is 15.1. The van der Waals surface area contributed by atoms with E-state index in [0.29, 0.717) is 37.8 Å². The molecule has 2 amide bonds. The van der Waals surface area contributed by atoms with Crippen LogP contribution in [0.1, 0.15) is 27.9 Å². The molecule has 0 bridgehead atoms. The number of hydrogen-bond acceptors (Lipinski definition) is 4. The molecule has 0 aliphatic carbocycles. The second kappa shape index (κ2) is 9.30. The number of para-hydroxylation sites is 1. The predicted molar refractivity (Wildman–Crippen MR) is 117 cm³/mol. The van der Waals surface area contributed by atoms with Crippen LogP contribution in [0, 0.1) is 0 Å². The van der Waals surface area contributed by atoms with Crippen LogP contribution in [0.5, 0.6) is 5.75 Å². The van der Waals surface area contributed by atoms with Crippen molar-refractivity contribution in [3.63, 3.8) is 0 Å². The topological polar surface area (TPSA) is 76.5 Å². The Kier molecular flexibility index (Phi) is 6.12. The maximum atomic E-state index is 12.6. The van der Waals surface area contributed by atoms with Crippen LogP contribution in [0.2, 0.25) is 0 Å². The lowest BCUT2D eigenvalue weighted by molar-refractivity contribution is -0.128. The molecule has 3 aromatic rings. The van der Waals surface area contributed by atoms with Gasteiger partial charge < -0.3 is 19.5 Å². The Morgan fingerprint density at radius 1 is 1.10 bits per heavy atom. The van der Waals surface area contributed by atoms with Gasteiger partial charge in [0.2, 0.25) is 5.91 Å². The molecule has 1 aliphatic heterocycles. The first-order chi connectivity index (χ1) is 15.2. The number of amides is 2. The Morgan fingerprint density at radius 2 is 1.81 bits per heavy atom. The standard InChI is InChI=1S/C24H24N4O3/c1-2-21(29)28-15-14-27-17-20(26-23(27)22(28)18-9-5-3-6-10-18)24(30)25-13-16-31-19-11-7-4-8-12-19/h2-12,17,22H,1,13-16H2,(H,25,30). The summed E-state index contributed by atoms with van der Waals surface area (Å²) in [5, 5.41) is 2.84. The van der Waals surface area contributed by atoms with Crippen molar-refractivity contribution < 1.29 is 14.3 Å². The van der Waals surface area contributed by atoms with E-state index < -0.39 is 0 Å². The largest absolute Gasteiger partial charge is 0.492 e. The van der Waals surface area contributed by atoms with Gasteiger partial charge in [-0.25, -0.2) is 4.98 Å². The van der Waals surface area contributed by atoms with Crippen LogP contribution in [0.4, 0.5) is 0 Å². The van der Waals surface area contributed by atoms with Crippen LogP contribution in [-0.4, -0.2) is 46.0 Å². The highest BCUT2D eigenvalue weighted by Crippen LogP contribution is 2.31. The van der Waals surface area contributed by atoms with Gasteiger partial charge in [-0.3, -0.25) is 9.59 Å². The fourth-order valence-corrected chi connectivity index (χ4v) is 3.68. The molecule has 0 spiro atoms. The number of ether oxygens (including phenoxy) is 1. The van der Waals surface area contributed by atoms with Gasteiger partial charge in [0.1, 0.15) is 29.9 Å². The molecule has 1 atom stereocenters. The van der Waals surface area contributed by atoms with Gasteiger partial charge in [-0.1, -0.05) is 55.1 Å². The molecule has 31 heavy (non-hydrogen) atoms. The van der Waals surface area contributed by atoms with E-state index in [4.69, 9.17) is 4.74 Å². The highest BCUT2D eigenvalue weighted by Gasteiger charge is 2.33. The Balaban J connectivity index is 1.48. The molecular formula is C24H24N4O3. The number of hydrogen-bond donors (Lipinski definition) is 1. The third-order valence-corrected chi connectivity index (χ3v) is 5.15. The summed E-state index contributed by atoms with van der Waals surface area (Å²) in [6.45, 7) is 5.42. The maximum absolute atomic E-state index is 12.6.